The van der Waals surface area contributed by atoms with Gasteiger partial charge in [-0.25, -0.2) is 0 Å². The van der Waals surface area contributed by atoms with Crippen LogP contribution in [0.15, 0.2) is 5.16 Å². The second kappa shape index (κ2) is 4.61. The molecule has 0 aromatic rings. The minimum Gasteiger partial charge on any atom is -0.399 e. The summed E-state index contributed by atoms with van der Waals surface area (Å²) in [6.45, 7) is 14.1. The van der Waals surface area contributed by atoms with Crippen LogP contribution in [-0.4, -0.2) is 30.5 Å². The van der Waals surface area contributed by atoms with Gasteiger partial charge in [0, 0.05) is 16.2 Å². The molecule has 1 atom stereocenters. The highest BCUT2D eigenvalue weighted by atomic mass is 33.1. The third kappa shape index (κ3) is 2.18. The summed E-state index contributed by atoms with van der Waals surface area (Å²) < 4.78 is 31.4. The maximum Gasteiger partial charge on any atom is 0.320 e. The van der Waals surface area contributed by atoms with Crippen LogP contribution in [0.4, 0.5) is 0 Å². The minimum absolute atomic E-state index is 0.246. The van der Waals surface area contributed by atoms with Crippen molar-refractivity contribution >= 4 is 25.7 Å². The summed E-state index contributed by atoms with van der Waals surface area (Å²) in [5, 5.41) is 4.13. The molecule has 0 spiro atoms. The Labute approximate surface area is 125 Å². The molecule has 1 saturated carbocycles. The van der Waals surface area contributed by atoms with Crippen LogP contribution >= 0.6 is 10.8 Å². The zero-order chi connectivity index (χ0) is 16.2. The Bertz CT molecular complexity index is 535. The van der Waals surface area contributed by atoms with E-state index in [1.807, 2.05) is 27.7 Å². The van der Waals surface area contributed by atoms with E-state index in [1.165, 1.54) is 7.11 Å². The summed E-state index contributed by atoms with van der Waals surface area (Å²) in [5.41, 5.74) is -0.408. The van der Waals surface area contributed by atoms with E-state index in [1.54, 1.807) is 6.92 Å². The smallest absolute Gasteiger partial charge is 0.320 e. The molecule has 1 rings (SSSR count). The lowest BCUT2D eigenvalue weighted by Crippen LogP contribution is -2.45. The second-order valence-electron chi connectivity index (χ2n) is 7.04. The monoisotopic (exact) mass is 323 g/mol. The van der Waals surface area contributed by atoms with Crippen molar-refractivity contribution in [1.82, 2.24) is 0 Å². The molecule has 0 aromatic heterocycles. The SMILES string of the molecule is CO/N=C1\C(C)(C)C(C)(C)C(C)(C)[C@]1(C)SS(=O)(=O)O. The number of oxime groups is 1. The Morgan fingerprint density at radius 1 is 1.05 bits per heavy atom. The van der Waals surface area contributed by atoms with Crippen molar-refractivity contribution in [3.05, 3.63) is 0 Å². The molecule has 0 unspecified atom stereocenters. The van der Waals surface area contributed by atoms with Gasteiger partial charge in [0.05, 0.1) is 10.5 Å². The van der Waals surface area contributed by atoms with Gasteiger partial charge in [0.25, 0.3) is 0 Å². The molecule has 7 heteroatoms. The Kier molecular flexibility index (Phi) is 4.10. The van der Waals surface area contributed by atoms with E-state index in [9.17, 15) is 13.0 Å². The summed E-state index contributed by atoms with van der Waals surface area (Å²) in [4.78, 5) is 4.96. The third-order valence-corrected chi connectivity index (χ3v) is 8.70. The average Bonchev–Trinajstić information content (AvgIpc) is 2.27. The summed E-state index contributed by atoms with van der Waals surface area (Å²) >= 11 is 0. The standard InChI is InChI=1S/C13H25NO4S2/c1-10(2)9(14-18-8)13(7,19-20(15,16)17)12(5,6)11(10,3)4/h1-8H3,(H,15,16,17)/b14-9+/t13-/m1/s1. The van der Waals surface area contributed by atoms with Gasteiger partial charge in [0.15, 0.2) is 0 Å². The van der Waals surface area contributed by atoms with E-state index in [0.29, 0.717) is 16.5 Å². The second-order valence-corrected chi connectivity index (χ2v) is 10.6. The molecule has 1 fully saturated rings. The van der Waals surface area contributed by atoms with Crippen LogP contribution in [0, 0.1) is 16.2 Å². The fourth-order valence-electron chi connectivity index (χ4n) is 3.21. The molecule has 0 radical (unpaired) electrons. The molecule has 0 heterocycles. The average molecular weight is 323 g/mol. The number of nitrogens with zero attached hydrogens (tertiary/aromatic N) is 1. The normalized spacial score (nSPS) is 33.4. The topological polar surface area (TPSA) is 76.0 Å². The molecule has 0 amide bonds. The number of hydrogen-bond donors (Lipinski definition) is 1. The van der Waals surface area contributed by atoms with Crippen LogP contribution in [0.5, 0.6) is 0 Å². The third-order valence-electron chi connectivity index (χ3n) is 5.82. The lowest BCUT2D eigenvalue weighted by molar-refractivity contribution is 0.0532. The summed E-state index contributed by atoms with van der Waals surface area (Å²) in [6, 6.07) is 0. The van der Waals surface area contributed by atoms with Crippen LogP contribution in [-0.2, 0) is 14.0 Å². The van der Waals surface area contributed by atoms with Gasteiger partial charge in [0.2, 0.25) is 0 Å². The van der Waals surface area contributed by atoms with Crippen LogP contribution in [0.3, 0.4) is 0 Å². The van der Waals surface area contributed by atoms with Crippen molar-refractivity contribution in [3.8, 4) is 0 Å². The van der Waals surface area contributed by atoms with Gasteiger partial charge in [-0.3, -0.25) is 4.55 Å². The Morgan fingerprint density at radius 2 is 1.50 bits per heavy atom. The van der Waals surface area contributed by atoms with Crippen molar-refractivity contribution in [3.63, 3.8) is 0 Å². The zero-order valence-corrected chi connectivity index (χ0v) is 15.1. The molecular formula is C13H25NO4S2. The van der Waals surface area contributed by atoms with Gasteiger partial charge in [-0.1, -0.05) is 46.7 Å². The highest BCUT2D eigenvalue weighted by molar-refractivity contribution is 8.70. The van der Waals surface area contributed by atoms with Crippen molar-refractivity contribution in [2.24, 2.45) is 21.4 Å². The number of rotatable bonds is 3. The molecule has 5 nitrogen and oxygen atoms in total. The predicted octanol–water partition coefficient (Wildman–Crippen LogP) is 3.38. The zero-order valence-electron chi connectivity index (χ0n) is 13.4. The molecule has 1 aliphatic rings. The maximum absolute atomic E-state index is 11.5. The van der Waals surface area contributed by atoms with E-state index in [-0.39, 0.29) is 10.8 Å². The fourth-order valence-corrected chi connectivity index (χ4v) is 6.59. The molecule has 0 aliphatic heterocycles. The quantitative estimate of drug-likeness (QED) is 0.489. The van der Waals surface area contributed by atoms with Gasteiger partial charge in [-0.2, -0.15) is 8.42 Å². The van der Waals surface area contributed by atoms with Crippen molar-refractivity contribution in [2.75, 3.05) is 7.11 Å². The first-order chi connectivity index (χ1) is 8.65. The molecule has 0 bridgehead atoms. The highest BCUT2D eigenvalue weighted by Crippen LogP contribution is 2.69. The minimum atomic E-state index is -4.21. The summed E-state index contributed by atoms with van der Waals surface area (Å²) in [6.07, 6.45) is 0. The summed E-state index contributed by atoms with van der Waals surface area (Å²) in [5.74, 6) is 0. The lowest BCUT2D eigenvalue weighted by Gasteiger charge is -2.46. The Morgan fingerprint density at radius 3 is 1.85 bits per heavy atom. The highest BCUT2D eigenvalue weighted by Gasteiger charge is 2.70. The Balaban J connectivity index is 3.67. The van der Waals surface area contributed by atoms with E-state index in [0.717, 1.165) is 0 Å². The lowest BCUT2D eigenvalue weighted by atomic mass is 9.60. The Hall–Kier alpha value is -0.270. The molecule has 118 valence electrons. The van der Waals surface area contributed by atoms with Crippen LogP contribution in [0.1, 0.15) is 48.5 Å². The largest absolute Gasteiger partial charge is 0.399 e. The number of hydrogen-bond acceptors (Lipinski definition) is 5. The van der Waals surface area contributed by atoms with Crippen molar-refractivity contribution in [2.45, 2.75) is 53.2 Å². The molecule has 20 heavy (non-hydrogen) atoms. The van der Waals surface area contributed by atoms with E-state index < -0.39 is 19.3 Å². The fraction of sp³-hybridized carbons (Fsp3) is 0.923. The van der Waals surface area contributed by atoms with E-state index >= 15 is 0 Å². The van der Waals surface area contributed by atoms with E-state index in [4.69, 9.17) is 4.84 Å². The maximum atomic E-state index is 11.5. The van der Waals surface area contributed by atoms with Gasteiger partial charge < -0.3 is 4.84 Å². The van der Waals surface area contributed by atoms with Gasteiger partial charge in [-0.05, 0) is 17.8 Å². The first kappa shape index (κ1) is 17.8. The van der Waals surface area contributed by atoms with Gasteiger partial charge in [0.1, 0.15) is 7.11 Å². The van der Waals surface area contributed by atoms with E-state index in [2.05, 4.69) is 19.0 Å². The first-order valence-corrected chi connectivity index (χ1v) is 9.22. The van der Waals surface area contributed by atoms with Crippen LogP contribution in [0.25, 0.3) is 0 Å². The molecule has 0 aromatic carbocycles. The van der Waals surface area contributed by atoms with Gasteiger partial charge in [-0.15, -0.1) is 0 Å². The predicted molar refractivity (Wildman–Crippen MR) is 83.3 cm³/mol. The van der Waals surface area contributed by atoms with Gasteiger partial charge >= 0.3 is 9.15 Å². The molecule has 1 aliphatic carbocycles. The van der Waals surface area contributed by atoms with Crippen molar-refractivity contribution in [1.29, 1.82) is 0 Å². The van der Waals surface area contributed by atoms with Crippen LogP contribution < -0.4 is 0 Å². The molecule has 1 N–H and O–H groups in total. The molecular weight excluding hydrogens is 298 g/mol. The first-order valence-electron chi connectivity index (χ1n) is 6.45. The molecule has 0 saturated heterocycles. The van der Waals surface area contributed by atoms with Crippen molar-refractivity contribution < 1.29 is 17.8 Å². The summed E-state index contributed by atoms with van der Waals surface area (Å²) in [7, 11) is -2.22. The van der Waals surface area contributed by atoms with Crippen LogP contribution in [0.2, 0.25) is 0 Å².